The maximum atomic E-state index is 12.9. The minimum Gasteiger partial charge on any atom is -0.348 e. The first-order chi connectivity index (χ1) is 13.6. The van der Waals surface area contributed by atoms with Gasteiger partial charge in [-0.05, 0) is 55.0 Å². The molecule has 4 rings (SSSR count). The average Bonchev–Trinajstić information content (AvgIpc) is 2.73. The zero-order valence-electron chi connectivity index (χ0n) is 15.3. The molecule has 138 valence electrons. The number of rotatable bonds is 4. The lowest BCUT2D eigenvalue weighted by molar-refractivity contribution is 0.0951. The molecule has 2 heterocycles. The van der Waals surface area contributed by atoms with Gasteiger partial charge in [0, 0.05) is 24.5 Å². The highest BCUT2D eigenvalue weighted by Crippen LogP contribution is 2.13. The standard InChI is InChI=1S/C22H18N4O2/c1-15-25-20-7-3-2-6-19(20)22(28)26(15)18-10-8-17(9-11-18)21(27)24-14-16-5-4-12-23-13-16/h2-13H,14H2,1H3,(H,24,27). The van der Waals surface area contributed by atoms with Crippen molar-refractivity contribution in [1.29, 1.82) is 0 Å². The fourth-order valence-corrected chi connectivity index (χ4v) is 3.10. The second-order valence-electron chi connectivity index (χ2n) is 6.41. The van der Waals surface area contributed by atoms with Crippen LogP contribution in [0, 0.1) is 6.92 Å². The first-order valence-corrected chi connectivity index (χ1v) is 8.89. The van der Waals surface area contributed by atoms with E-state index in [9.17, 15) is 9.59 Å². The fourth-order valence-electron chi connectivity index (χ4n) is 3.10. The van der Waals surface area contributed by atoms with Crippen molar-refractivity contribution >= 4 is 16.8 Å². The molecule has 0 radical (unpaired) electrons. The van der Waals surface area contributed by atoms with Gasteiger partial charge in [-0.3, -0.25) is 19.1 Å². The molecule has 0 saturated carbocycles. The number of nitrogens with zero attached hydrogens (tertiary/aromatic N) is 3. The van der Waals surface area contributed by atoms with Gasteiger partial charge in [0.1, 0.15) is 5.82 Å². The maximum absolute atomic E-state index is 12.9. The zero-order valence-corrected chi connectivity index (χ0v) is 15.3. The van der Waals surface area contributed by atoms with Gasteiger partial charge in [0.2, 0.25) is 0 Å². The van der Waals surface area contributed by atoms with Crippen molar-refractivity contribution in [3.8, 4) is 5.69 Å². The van der Waals surface area contributed by atoms with Crippen molar-refractivity contribution in [3.63, 3.8) is 0 Å². The molecule has 0 atom stereocenters. The summed E-state index contributed by atoms with van der Waals surface area (Å²) in [6, 6.07) is 17.9. The molecule has 0 fully saturated rings. The van der Waals surface area contributed by atoms with Gasteiger partial charge in [-0.25, -0.2) is 4.98 Å². The van der Waals surface area contributed by atoms with Crippen LogP contribution in [0.1, 0.15) is 21.7 Å². The number of hydrogen-bond acceptors (Lipinski definition) is 4. The number of aryl methyl sites for hydroxylation is 1. The van der Waals surface area contributed by atoms with E-state index < -0.39 is 0 Å². The van der Waals surface area contributed by atoms with Crippen LogP contribution in [0.15, 0.2) is 77.9 Å². The van der Waals surface area contributed by atoms with E-state index in [1.807, 2.05) is 30.3 Å². The Morgan fingerprint density at radius 1 is 1.04 bits per heavy atom. The van der Waals surface area contributed by atoms with Crippen LogP contribution in [0.4, 0.5) is 0 Å². The summed E-state index contributed by atoms with van der Waals surface area (Å²) >= 11 is 0. The lowest BCUT2D eigenvalue weighted by Crippen LogP contribution is -2.24. The molecular formula is C22H18N4O2. The molecule has 6 nitrogen and oxygen atoms in total. The number of amides is 1. The Morgan fingerprint density at radius 2 is 1.82 bits per heavy atom. The van der Waals surface area contributed by atoms with Crippen LogP contribution >= 0.6 is 0 Å². The third-order valence-electron chi connectivity index (χ3n) is 4.51. The molecule has 0 aliphatic rings. The van der Waals surface area contributed by atoms with Crippen LogP contribution < -0.4 is 10.9 Å². The Labute approximate surface area is 161 Å². The van der Waals surface area contributed by atoms with Crippen molar-refractivity contribution in [3.05, 3.63) is 100 Å². The van der Waals surface area contributed by atoms with E-state index in [1.54, 1.807) is 54.2 Å². The average molecular weight is 370 g/mol. The second kappa shape index (κ2) is 7.44. The summed E-state index contributed by atoms with van der Waals surface area (Å²) in [4.78, 5) is 33.8. The smallest absolute Gasteiger partial charge is 0.265 e. The monoisotopic (exact) mass is 370 g/mol. The van der Waals surface area contributed by atoms with E-state index in [4.69, 9.17) is 0 Å². The molecule has 0 saturated heterocycles. The summed E-state index contributed by atoms with van der Waals surface area (Å²) in [6.45, 7) is 2.20. The quantitative estimate of drug-likeness (QED) is 0.599. The van der Waals surface area contributed by atoms with Gasteiger partial charge in [-0.15, -0.1) is 0 Å². The summed E-state index contributed by atoms with van der Waals surface area (Å²) < 4.78 is 1.56. The van der Waals surface area contributed by atoms with E-state index >= 15 is 0 Å². The maximum Gasteiger partial charge on any atom is 0.265 e. The molecular weight excluding hydrogens is 352 g/mol. The van der Waals surface area contributed by atoms with E-state index in [0.29, 0.717) is 34.5 Å². The van der Waals surface area contributed by atoms with Crippen LogP contribution in [-0.2, 0) is 6.54 Å². The lowest BCUT2D eigenvalue weighted by Gasteiger charge is -2.11. The molecule has 0 spiro atoms. The number of benzene rings is 2. The third-order valence-corrected chi connectivity index (χ3v) is 4.51. The van der Waals surface area contributed by atoms with Crippen LogP contribution in [0.25, 0.3) is 16.6 Å². The highest BCUT2D eigenvalue weighted by atomic mass is 16.1. The van der Waals surface area contributed by atoms with Crippen LogP contribution in [-0.4, -0.2) is 20.4 Å². The Kier molecular flexibility index (Phi) is 4.68. The molecule has 2 aromatic heterocycles. The predicted molar refractivity (Wildman–Crippen MR) is 107 cm³/mol. The summed E-state index contributed by atoms with van der Waals surface area (Å²) in [6.07, 6.45) is 3.40. The number of pyridine rings is 1. The van der Waals surface area contributed by atoms with Crippen LogP contribution in [0.2, 0.25) is 0 Å². The molecule has 2 aromatic carbocycles. The Hall–Kier alpha value is -3.80. The van der Waals surface area contributed by atoms with Crippen molar-refractivity contribution in [2.24, 2.45) is 0 Å². The van der Waals surface area contributed by atoms with Crippen LogP contribution in [0.5, 0.6) is 0 Å². The summed E-state index contributed by atoms with van der Waals surface area (Å²) in [5.74, 6) is 0.411. The largest absolute Gasteiger partial charge is 0.348 e. The molecule has 1 N–H and O–H groups in total. The first kappa shape index (κ1) is 17.6. The fraction of sp³-hybridized carbons (Fsp3) is 0.0909. The number of hydrogen-bond donors (Lipinski definition) is 1. The molecule has 0 aliphatic heterocycles. The van der Waals surface area contributed by atoms with E-state index in [1.165, 1.54) is 0 Å². The molecule has 6 heteroatoms. The SMILES string of the molecule is Cc1nc2ccccc2c(=O)n1-c1ccc(C(=O)NCc2cccnc2)cc1. The number of carbonyl (C=O) groups is 1. The summed E-state index contributed by atoms with van der Waals surface area (Å²) in [7, 11) is 0. The number of fused-ring (bicyclic) bond motifs is 1. The topological polar surface area (TPSA) is 76.9 Å². The summed E-state index contributed by atoms with van der Waals surface area (Å²) in [5.41, 5.74) is 2.66. The minimum absolute atomic E-state index is 0.128. The van der Waals surface area contributed by atoms with E-state index in [2.05, 4.69) is 15.3 Å². The van der Waals surface area contributed by atoms with Crippen LogP contribution in [0.3, 0.4) is 0 Å². The normalized spacial score (nSPS) is 10.8. The van der Waals surface area contributed by atoms with Gasteiger partial charge in [-0.1, -0.05) is 18.2 Å². The van der Waals surface area contributed by atoms with Gasteiger partial charge in [0.05, 0.1) is 16.6 Å². The number of para-hydroxylation sites is 1. The second-order valence-corrected chi connectivity index (χ2v) is 6.41. The van der Waals surface area contributed by atoms with Gasteiger partial charge in [-0.2, -0.15) is 0 Å². The molecule has 0 bridgehead atoms. The lowest BCUT2D eigenvalue weighted by atomic mass is 10.1. The molecule has 1 amide bonds. The first-order valence-electron chi connectivity index (χ1n) is 8.89. The van der Waals surface area contributed by atoms with Crippen molar-refractivity contribution < 1.29 is 4.79 Å². The Morgan fingerprint density at radius 3 is 2.57 bits per heavy atom. The third kappa shape index (κ3) is 3.40. The molecule has 28 heavy (non-hydrogen) atoms. The van der Waals surface area contributed by atoms with Gasteiger partial charge < -0.3 is 5.32 Å². The zero-order chi connectivity index (χ0) is 19.5. The van der Waals surface area contributed by atoms with Gasteiger partial charge >= 0.3 is 0 Å². The highest BCUT2D eigenvalue weighted by Gasteiger charge is 2.11. The van der Waals surface area contributed by atoms with Crippen molar-refractivity contribution in [2.75, 3.05) is 0 Å². The van der Waals surface area contributed by atoms with E-state index in [0.717, 1.165) is 5.56 Å². The van der Waals surface area contributed by atoms with Crippen molar-refractivity contribution in [1.82, 2.24) is 19.9 Å². The summed E-state index contributed by atoms with van der Waals surface area (Å²) in [5, 5.41) is 3.42. The Bertz CT molecular complexity index is 1200. The molecule has 0 unspecified atom stereocenters. The molecule has 0 aliphatic carbocycles. The number of aromatic nitrogens is 3. The number of carbonyl (C=O) groups excluding carboxylic acids is 1. The minimum atomic E-state index is -0.184. The van der Waals surface area contributed by atoms with Crippen molar-refractivity contribution in [2.45, 2.75) is 13.5 Å². The Balaban J connectivity index is 1.59. The predicted octanol–water partition coefficient (Wildman–Crippen LogP) is 3.02. The van der Waals surface area contributed by atoms with Gasteiger partial charge in [0.25, 0.3) is 11.5 Å². The van der Waals surface area contributed by atoms with Gasteiger partial charge in [0.15, 0.2) is 0 Å². The number of nitrogens with one attached hydrogen (secondary N) is 1. The van der Waals surface area contributed by atoms with E-state index in [-0.39, 0.29) is 11.5 Å². The molecule has 4 aromatic rings. The highest BCUT2D eigenvalue weighted by molar-refractivity contribution is 5.94.